The number of nitrogens with two attached hydrogens (primary N) is 1. The van der Waals surface area contributed by atoms with E-state index in [0.29, 0.717) is 22.8 Å². The van der Waals surface area contributed by atoms with Crippen LogP contribution in [0.25, 0.3) is 0 Å². The summed E-state index contributed by atoms with van der Waals surface area (Å²) < 4.78 is 0. The van der Waals surface area contributed by atoms with Crippen molar-refractivity contribution >= 4 is 17.4 Å². The van der Waals surface area contributed by atoms with Crippen LogP contribution in [-0.2, 0) is 0 Å². The van der Waals surface area contributed by atoms with Crippen molar-refractivity contribution in [1.29, 1.82) is 0 Å². The molecule has 0 saturated heterocycles. The first-order chi connectivity index (χ1) is 7.18. The summed E-state index contributed by atoms with van der Waals surface area (Å²) in [7, 11) is 0. The van der Waals surface area contributed by atoms with Crippen molar-refractivity contribution in [2.24, 2.45) is 0 Å². The van der Waals surface area contributed by atoms with Gasteiger partial charge in [-0.15, -0.1) is 0 Å². The van der Waals surface area contributed by atoms with Gasteiger partial charge in [0.2, 0.25) is 0 Å². The minimum Gasteiger partial charge on any atom is -0.394 e. The van der Waals surface area contributed by atoms with Crippen molar-refractivity contribution < 1.29 is 4.79 Å². The summed E-state index contributed by atoms with van der Waals surface area (Å²) in [6.45, 7) is 1.76. The Balaban J connectivity index is 2.18. The summed E-state index contributed by atoms with van der Waals surface area (Å²) >= 11 is 0. The van der Waals surface area contributed by atoms with E-state index in [1.807, 2.05) is 0 Å². The lowest BCUT2D eigenvalue weighted by atomic mass is 10.2. The van der Waals surface area contributed by atoms with Crippen LogP contribution >= 0.6 is 0 Å². The summed E-state index contributed by atoms with van der Waals surface area (Å²) in [4.78, 5) is 11.7. The highest BCUT2D eigenvalue weighted by molar-refractivity contribution is 6.05. The number of amides is 1. The molecule has 0 bridgehead atoms. The second-order valence-corrected chi connectivity index (χ2v) is 3.06. The number of hydrogen-bond donors (Lipinski definition) is 4. The first-order valence-corrected chi connectivity index (χ1v) is 4.28. The average molecular weight is 206 g/mol. The van der Waals surface area contributed by atoms with Gasteiger partial charge in [-0.2, -0.15) is 10.2 Å². The van der Waals surface area contributed by atoms with Crippen LogP contribution in [0.5, 0.6) is 0 Å². The number of carbonyl (C=O) groups excluding carboxylic acids is 1. The maximum absolute atomic E-state index is 11.7. The highest BCUT2D eigenvalue weighted by Gasteiger charge is 2.12. The molecular weight excluding hydrogens is 196 g/mol. The van der Waals surface area contributed by atoms with Gasteiger partial charge < -0.3 is 11.1 Å². The van der Waals surface area contributed by atoms with E-state index >= 15 is 0 Å². The van der Waals surface area contributed by atoms with Gasteiger partial charge in [-0.1, -0.05) is 0 Å². The predicted molar refractivity (Wildman–Crippen MR) is 54.3 cm³/mol. The van der Waals surface area contributed by atoms with Crippen LogP contribution in [0.2, 0.25) is 0 Å². The van der Waals surface area contributed by atoms with Gasteiger partial charge in [-0.05, 0) is 6.92 Å². The Bertz CT molecular complexity index is 485. The standard InChI is InChI=1S/C8H10N6O/c1-4-5(2-10-13-4)8(15)12-7-6(9)3-11-14-7/h2-3H,9H2,1H3,(H,10,13)(H2,11,12,14,15). The Hall–Kier alpha value is -2.31. The Morgan fingerprint density at radius 2 is 2.13 bits per heavy atom. The molecule has 0 aliphatic carbocycles. The van der Waals surface area contributed by atoms with E-state index in [9.17, 15) is 4.79 Å². The van der Waals surface area contributed by atoms with E-state index in [-0.39, 0.29) is 5.91 Å². The molecule has 2 aromatic heterocycles. The number of aryl methyl sites for hydroxylation is 1. The maximum atomic E-state index is 11.7. The molecule has 0 spiro atoms. The van der Waals surface area contributed by atoms with Crippen LogP contribution in [-0.4, -0.2) is 26.3 Å². The van der Waals surface area contributed by atoms with Gasteiger partial charge in [0.25, 0.3) is 5.91 Å². The summed E-state index contributed by atoms with van der Waals surface area (Å²) in [6, 6.07) is 0. The van der Waals surface area contributed by atoms with E-state index in [4.69, 9.17) is 5.73 Å². The SMILES string of the molecule is Cc1[nH]ncc1C(=O)Nc1[nH]ncc1N. The molecule has 0 radical (unpaired) electrons. The van der Waals surface area contributed by atoms with Crippen molar-refractivity contribution in [3.63, 3.8) is 0 Å². The number of hydrogen-bond acceptors (Lipinski definition) is 4. The topological polar surface area (TPSA) is 112 Å². The smallest absolute Gasteiger partial charge is 0.260 e. The summed E-state index contributed by atoms with van der Waals surface area (Å²) in [5.74, 6) is 0.109. The Labute approximate surface area is 85.1 Å². The van der Waals surface area contributed by atoms with Gasteiger partial charge in [-0.3, -0.25) is 15.0 Å². The molecule has 0 aliphatic heterocycles. The highest BCUT2D eigenvalue weighted by atomic mass is 16.1. The van der Waals surface area contributed by atoms with Crippen LogP contribution in [0.3, 0.4) is 0 Å². The Kier molecular flexibility index (Phi) is 2.13. The second kappa shape index (κ2) is 3.45. The molecular formula is C8H10N6O. The fourth-order valence-electron chi connectivity index (χ4n) is 1.16. The number of carbonyl (C=O) groups is 1. The van der Waals surface area contributed by atoms with Crippen molar-refractivity contribution in [3.8, 4) is 0 Å². The van der Waals surface area contributed by atoms with Gasteiger partial charge in [-0.25, -0.2) is 0 Å². The Morgan fingerprint density at radius 1 is 1.40 bits per heavy atom. The van der Waals surface area contributed by atoms with E-state index in [2.05, 4.69) is 25.7 Å². The number of nitrogens with zero attached hydrogens (tertiary/aromatic N) is 2. The maximum Gasteiger partial charge on any atom is 0.260 e. The third kappa shape index (κ3) is 1.66. The molecule has 0 aliphatic rings. The highest BCUT2D eigenvalue weighted by Crippen LogP contribution is 2.14. The predicted octanol–water partition coefficient (Wildman–Crippen LogP) is 0.276. The molecule has 0 aromatic carbocycles. The van der Waals surface area contributed by atoms with Crippen LogP contribution < -0.4 is 11.1 Å². The Morgan fingerprint density at radius 3 is 2.67 bits per heavy atom. The van der Waals surface area contributed by atoms with Crippen molar-refractivity contribution in [1.82, 2.24) is 20.4 Å². The quantitative estimate of drug-likeness (QED) is 0.565. The van der Waals surface area contributed by atoms with E-state index in [1.54, 1.807) is 6.92 Å². The lowest BCUT2D eigenvalue weighted by Gasteiger charge is -2.01. The van der Waals surface area contributed by atoms with Crippen molar-refractivity contribution in [2.45, 2.75) is 6.92 Å². The number of aromatic nitrogens is 4. The molecule has 2 rings (SSSR count). The first-order valence-electron chi connectivity index (χ1n) is 4.28. The fraction of sp³-hybridized carbons (Fsp3) is 0.125. The molecule has 0 fully saturated rings. The molecule has 0 atom stereocenters. The number of H-pyrrole nitrogens is 2. The molecule has 78 valence electrons. The first kappa shape index (κ1) is 9.25. The zero-order valence-electron chi connectivity index (χ0n) is 8.03. The van der Waals surface area contributed by atoms with E-state index in [0.717, 1.165) is 0 Å². The fourth-order valence-corrected chi connectivity index (χ4v) is 1.16. The van der Waals surface area contributed by atoms with Gasteiger partial charge in [0, 0.05) is 5.69 Å². The zero-order chi connectivity index (χ0) is 10.8. The third-order valence-corrected chi connectivity index (χ3v) is 1.98. The molecule has 0 unspecified atom stereocenters. The number of nitrogen functional groups attached to an aromatic ring is 1. The molecule has 5 N–H and O–H groups in total. The minimum absolute atomic E-state index is 0.280. The lowest BCUT2D eigenvalue weighted by Crippen LogP contribution is -2.13. The van der Waals surface area contributed by atoms with Crippen LogP contribution in [0.4, 0.5) is 11.5 Å². The van der Waals surface area contributed by atoms with Gasteiger partial charge in [0.05, 0.1) is 23.6 Å². The molecule has 15 heavy (non-hydrogen) atoms. The number of rotatable bonds is 2. The van der Waals surface area contributed by atoms with Crippen LogP contribution in [0.1, 0.15) is 16.1 Å². The van der Waals surface area contributed by atoms with Gasteiger partial charge >= 0.3 is 0 Å². The van der Waals surface area contributed by atoms with Crippen LogP contribution in [0.15, 0.2) is 12.4 Å². The molecule has 2 aromatic rings. The summed E-state index contributed by atoms with van der Waals surface area (Å²) in [6.07, 6.45) is 2.88. The third-order valence-electron chi connectivity index (χ3n) is 1.98. The van der Waals surface area contributed by atoms with Gasteiger partial charge in [0.15, 0.2) is 5.82 Å². The zero-order valence-corrected chi connectivity index (χ0v) is 8.03. The molecule has 0 saturated carbocycles. The summed E-state index contributed by atoms with van der Waals surface area (Å²) in [5.41, 5.74) is 7.12. The molecule has 7 nitrogen and oxygen atoms in total. The lowest BCUT2D eigenvalue weighted by molar-refractivity contribution is 0.102. The van der Waals surface area contributed by atoms with E-state index in [1.165, 1.54) is 12.4 Å². The van der Waals surface area contributed by atoms with Crippen LogP contribution in [0, 0.1) is 6.92 Å². The second-order valence-electron chi connectivity index (χ2n) is 3.06. The molecule has 2 heterocycles. The van der Waals surface area contributed by atoms with Gasteiger partial charge in [0.1, 0.15) is 0 Å². The number of aromatic amines is 2. The van der Waals surface area contributed by atoms with Crippen molar-refractivity contribution in [3.05, 3.63) is 23.7 Å². The average Bonchev–Trinajstić information content (AvgIpc) is 2.76. The largest absolute Gasteiger partial charge is 0.394 e. The normalized spacial score (nSPS) is 10.2. The van der Waals surface area contributed by atoms with E-state index < -0.39 is 0 Å². The molecule has 7 heteroatoms. The molecule has 1 amide bonds. The number of nitrogens with one attached hydrogen (secondary N) is 3. The monoisotopic (exact) mass is 206 g/mol. The number of anilines is 2. The minimum atomic E-state index is -0.280. The summed E-state index contributed by atoms with van der Waals surface area (Å²) in [5, 5.41) is 15.3. The van der Waals surface area contributed by atoms with Crippen molar-refractivity contribution in [2.75, 3.05) is 11.1 Å².